The second-order valence-corrected chi connectivity index (χ2v) is 6.75. The van der Waals surface area contributed by atoms with Gasteiger partial charge in [-0.3, -0.25) is 14.3 Å². The summed E-state index contributed by atoms with van der Waals surface area (Å²) < 4.78 is 1.91. The third-order valence-electron chi connectivity index (χ3n) is 3.69. The number of rotatable bonds is 9. The smallest absolute Gasteiger partial charge is 0.303 e. The van der Waals surface area contributed by atoms with Crippen LogP contribution in [-0.2, 0) is 16.8 Å². The number of carbonyl (C=O) groups excluding carboxylic acids is 1. The Morgan fingerprint density at radius 2 is 1.87 bits per heavy atom. The Bertz CT molecular complexity index is 530. The third kappa shape index (κ3) is 6.04. The van der Waals surface area contributed by atoms with Gasteiger partial charge >= 0.3 is 5.97 Å². The highest BCUT2D eigenvalue weighted by Crippen LogP contribution is 2.19. The van der Waals surface area contributed by atoms with Crippen molar-refractivity contribution in [3.05, 3.63) is 17.5 Å². The summed E-state index contributed by atoms with van der Waals surface area (Å²) in [6.07, 6.45) is 5.99. The van der Waals surface area contributed by atoms with Gasteiger partial charge in [-0.05, 0) is 40.0 Å². The molecule has 0 spiro atoms. The quantitative estimate of drug-likeness (QED) is 0.684. The lowest BCUT2D eigenvalue weighted by atomic mass is 10.1. The van der Waals surface area contributed by atoms with Gasteiger partial charge in [0.25, 0.3) is 5.91 Å². The molecule has 1 rings (SSSR count). The van der Waals surface area contributed by atoms with Crippen molar-refractivity contribution in [1.29, 1.82) is 0 Å². The van der Waals surface area contributed by atoms with Crippen LogP contribution in [-0.4, -0.2) is 33.3 Å². The summed E-state index contributed by atoms with van der Waals surface area (Å²) in [6.45, 7) is 8.84. The second-order valence-electron chi connectivity index (χ2n) is 6.75. The monoisotopic (exact) mass is 323 g/mol. The molecule has 0 unspecified atom stereocenters. The van der Waals surface area contributed by atoms with E-state index < -0.39 is 5.97 Å². The summed E-state index contributed by atoms with van der Waals surface area (Å²) in [5.41, 5.74) is 1.46. The molecule has 0 saturated heterocycles. The fourth-order valence-corrected chi connectivity index (χ4v) is 2.53. The molecule has 0 fully saturated rings. The fourth-order valence-electron chi connectivity index (χ4n) is 2.53. The molecule has 0 aliphatic heterocycles. The van der Waals surface area contributed by atoms with E-state index in [1.807, 2.05) is 11.6 Å². The molecule has 6 nitrogen and oxygen atoms in total. The number of hydrogen-bond donors (Lipinski definition) is 2. The van der Waals surface area contributed by atoms with Crippen molar-refractivity contribution in [3.63, 3.8) is 0 Å². The largest absolute Gasteiger partial charge is 0.481 e. The maximum atomic E-state index is 12.3. The van der Waals surface area contributed by atoms with E-state index >= 15 is 0 Å². The first-order valence-corrected chi connectivity index (χ1v) is 8.34. The first kappa shape index (κ1) is 19.2. The predicted octanol–water partition coefficient (Wildman–Crippen LogP) is 2.97. The molecule has 0 atom stereocenters. The molecule has 1 aromatic heterocycles. The lowest BCUT2D eigenvalue weighted by Gasteiger charge is -2.22. The van der Waals surface area contributed by atoms with Crippen molar-refractivity contribution >= 4 is 11.9 Å². The maximum Gasteiger partial charge on any atom is 0.303 e. The van der Waals surface area contributed by atoms with Crippen molar-refractivity contribution in [2.75, 3.05) is 6.54 Å². The van der Waals surface area contributed by atoms with Crippen molar-refractivity contribution in [3.8, 4) is 0 Å². The minimum Gasteiger partial charge on any atom is -0.481 e. The fraction of sp³-hybridized carbons (Fsp3) is 0.706. The van der Waals surface area contributed by atoms with Gasteiger partial charge in [0.05, 0.1) is 23.0 Å². The zero-order chi connectivity index (χ0) is 17.5. The number of carbonyl (C=O) groups is 2. The molecule has 0 aliphatic carbocycles. The summed E-state index contributed by atoms with van der Waals surface area (Å²) in [4.78, 5) is 22.7. The number of nitrogens with zero attached hydrogens (tertiary/aromatic N) is 2. The summed E-state index contributed by atoms with van der Waals surface area (Å²) in [5.74, 6) is -0.829. The molecule has 6 heteroatoms. The normalized spacial score (nSPS) is 11.5. The number of carboxylic acid groups (broad SMARTS) is 1. The van der Waals surface area contributed by atoms with Crippen molar-refractivity contribution in [2.24, 2.45) is 0 Å². The number of amides is 1. The van der Waals surface area contributed by atoms with Gasteiger partial charge in [0.2, 0.25) is 0 Å². The molecular weight excluding hydrogens is 294 g/mol. The van der Waals surface area contributed by atoms with Crippen LogP contribution >= 0.6 is 0 Å². The zero-order valence-electron chi connectivity index (χ0n) is 14.7. The second kappa shape index (κ2) is 8.70. The molecule has 2 N–H and O–H groups in total. The van der Waals surface area contributed by atoms with E-state index in [9.17, 15) is 9.59 Å². The van der Waals surface area contributed by atoms with E-state index in [1.165, 1.54) is 0 Å². The summed E-state index contributed by atoms with van der Waals surface area (Å²) in [6, 6.07) is 0. The van der Waals surface area contributed by atoms with E-state index in [0.717, 1.165) is 31.4 Å². The molecule has 23 heavy (non-hydrogen) atoms. The number of hydrogen-bond acceptors (Lipinski definition) is 3. The first-order valence-electron chi connectivity index (χ1n) is 8.34. The Kier molecular flexibility index (Phi) is 7.26. The molecule has 130 valence electrons. The van der Waals surface area contributed by atoms with Crippen molar-refractivity contribution < 1.29 is 14.7 Å². The standard InChI is InChI=1S/C17H29N3O3/c1-5-14-13(12-19-20(14)17(2,3)4)16(23)18-11-9-7-6-8-10-15(21)22/h12H,5-11H2,1-4H3,(H,18,23)(H,21,22). The van der Waals surface area contributed by atoms with Gasteiger partial charge in [0, 0.05) is 13.0 Å². The molecule has 0 aromatic carbocycles. The van der Waals surface area contributed by atoms with Crippen molar-refractivity contribution in [2.45, 2.75) is 71.8 Å². The number of nitrogens with one attached hydrogen (secondary N) is 1. The number of unbranched alkanes of at least 4 members (excludes halogenated alkanes) is 3. The predicted molar refractivity (Wildman–Crippen MR) is 89.7 cm³/mol. The Morgan fingerprint density at radius 1 is 1.22 bits per heavy atom. The van der Waals surface area contributed by atoms with Gasteiger partial charge in [-0.25, -0.2) is 0 Å². The van der Waals surface area contributed by atoms with Crippen LogP contribution < -0.4 is 5.32 Å². The van der Waals surface area contributed by atoms with Crippen LogP contribution in [0.3, 0.4) is 0 Å². The molecule has 1 aromatic rings. The highest BCUT2D eigenvalue weighted by Gasteiger charge is 2.22. The molecular formula is C17H29N3O3. The molecule has 0 aliphatic rings. The van der Waals surface area contributed by atoms with Gasteiger partial charge in [0.1, 0.15) is 0 Å². The van der Waals surface area contributed by atoms with E-state index in [1.54, 1.807) is 6.20 Å². The number of carboxylic acids is 1. The summed E-state index contributed by atoms with van der Waals surface area (Å²) in [7, 11) is 0. The van der Waals surface area contributed by atoms with Crippen LogP contribution in [0.1, 0.15) is 75.9 Å². The van der Waals surface area contributed by atoms with Gasteiger partial charge in [-0.15, -0.1) is 0 Å². The minimum absolute atomic E-state index is 0.0807. The Balaban J connectivity index is 2.44. The number of aromatic nitrogens is 2. The van der Waals surface area contributed by atoms with E-state index in [-0.39, 0.29) is 17.9 Å². The van der Waals surface area contributed by atoms with Crippen LogP contribution in [0.2, 0.25) is 0 Å². The first-order chi connectivity index (χ1) is 10.8. The molecule has 1 amide bonds. The summed E-state index contributed by atoms with van der Waals surface area (Å²) >= 11 is 0. The maximum absolute atomic E-state index is 12.3. The van der Waals surface area contributed by atoms with E-state index in [4.69, 9.17) is 5.11 Å². The average Bonchev–Trinajstić information content (AvgIpc) is 2.89. The Hall–Kier alpha value is -1.85. The van der Waals surface area contributed by atoms with E-state index in [0.29, 0.717) is 18.5 Å². The Labute approximate surface area is 138 Å². The minimum atomic E-state index is -0.749. The van der Waals surface area contributed by atoms with Crippen LogP contribution in [0.15, 0.2) is 6.20 Å². The molecule has 0 bridgehead atoms. The average molecular weight is 323 g/mol. The highest BCUT2D eigenvalue weighted by atomic mass is 16.4. The SMILES string of the molecule is CCc1c(C(=O)NCCCCCCC(=O)O)cnn1C(C)(C)C. The number of aliphatic carboxylic acids is 1. The van der Waals surface area contributed by atoms with Crippen molar-refractivity contribution in [1.82, 2.24) is 15.1 Å². The topological polar surface area (TPSA) is 84.2 Å². The van der Waals surface area contributed by atoms with Crippen LogP contribution in [0.4, 0.5) is 0 Å². The molecule has 0 saturated carbocycles. The molecule has 1 heterocycles. The van der Waals surface area contributed by atoms with Gasteiger partial charge < -0.3 is 10.4 Å². The van der Waals surface area contributed by atoms with Gasteiger partial charge in [-0.1, -0.05) is 19.8 Å². The lowest BCUT2D eigenvalue weighted by Crippen LogP contribution is -2.28. The Morgan fingerprint density at radius 3 is 2.43 bits per heavy atom. The third-order valence-corrected chi connectivity index (χ3v) is 3.69. The lowest BCUT2D eigenvalue weighted by molar-refractivity contribution is -0.137. The van der Waals surface area contributed by atoms with Crippen LogP contribution in [0, 0.1) is 0 Å². The van der Waals surface area contributed by atoms with E-state index in [2.05, 4.69) is 31.2 Å². The summed E-state index contributed by atoms with van der Waals surface area (Å²) in [5, 5.41) is 15.9. The molecule has 0 radical (unpaired) electrons. The van der Waals surface area contributed by atoms with Crippen LogP contribution in [0.5, 0.6) is 0 Å². The van der Waals surface area contributed by atoms with Gasteiger partial charge in [0.15, 0.2) is 0 Å². The highest BCUT2D eigenvalue weighted by molar-refractivity contribution is 5.95. The van der Waals surface area contributed by atoms with Crippen LogP contribution in [0.25, 0.3) is 0 Å². The zero-order valence-corrected chi connectivity index (χ0v) is 14.7. The van der Waals surface area contributed by atoms with Gasteiger partial charge in [-0.2, -0.15) is 5.10 Å².